The minimum Gasteiger partial charge on any atom is -0.192 e. The Balaban J connectivity index is 0.000000561. The maximum absolute atomic E-state index is 5.71. The lowest BCUT2D eigenvalue weighted by atomic mass is 10.3. The Labute approximate surface area is 88.1 Å². The smallest absolute Gasteiger partial charge is 0.0895 e. The van der Waals surface area contributed by atoms with Gasteiger partial charge in [-0.05, 0) is 12.1 Å². The van der Waals surface area contributed by atoms with E-state index in [1.165, 1.54) is 0 Å². The Hall–Kier alpha value is -0.110. The quantitative estimate of drug-likeness (QED) is 0.638. The van der Waals surface area contributed by atoms with Crippen LogP contribution in [0.4, 0.5) is 5.69 Å². The van der Waals surface area contributed by atoms with E-state index in [2.05, 4.69) is 0 Å². The van der Waals surface area contributed by atoms with Gasteiger partial charge in [0.2, 0.25) is 0 Å². The van der Waals surface area contributed by atoms with E-state index in [1.54, 1.807) is 18.2 Å². The molecule has 0 aromatic heterocycles. The maximum Gasteiger partial charge on any atom is 0.0895 e. The molecule has 0 unspecified atom stereocenters. The van der Waals surface area contributed by atoms with Gasteiger partial charge in [-0.2, -0.15) is 3.94 Å². The van der Waals surface area contributed by atoms with Gasteiger partial charge in [0.05, 0.1) is 10.7 Å². The summed E-state index contributed by atoms with van der Waals surface area (Å²) in [6, 6.07) is 7.05. The lowest BCUT2D eigenvalue weighted by Crippen LogP contribution is -1.91. The first kappa shape index (κ1) is 11.9. The monoisotopic (exact) mass is 225 g/mol. The molecule has 4 heteroatoms. The van der Waals surface area contributed by atoms with Gasteiger partial charge >= 0.3 is 0 Å². The predicted octanol–water partition coefficient (Wildman–Crippen LogP) is 4.48. The average Bonchev–Trinajstić information content (AvgIpc) is 2.08. The molecule has 1 nitrogen and oxygen atoms in total. The topological polar surface area (TPSA) is 3.24 Å². The lowest BCUT2D eigenvalue weighted by molar-refractivity contribution is 1.50. The summed E-state index contributed by atoms with van der Waals surface area (Å²) in [4.78, 5) is 0. The van der Waals surface area contributed by atoms with E-state index in [-0.39, 0.29) is 0 Å². The van der Waals surface area contributed by atoms with Crippen LogP contribution in [0.25, 0.3) is 0 Å². The van der Waals surface area contributed by atoms with Gasteiger partial charge in [0, 0.05) is 23.6 Å². The molecule has 0 bridgehead atoms. The number of para-hydroxylation sites is 1. The number of hydrogen-bond donors (Lipinski definition) is 0. The highest BCUT2D eigenvalue weighted by molar-refractivity contribution is 6.51. The normalized spacial score (nSPS) is 8.42. The van der Waals surface area contributed by atoms with Gasteiger partial charge in [0.1, 0.15) is 0 Å². The van der Waals surface area contributed by atoms with Crippen molar-refractivity contribution in [2.45, 2.75) is 13.8 Å². The second kappa shape index (κ2) is 6.41. The predicted molar refractivity (Wildman–Crippen MR) is 57.0 cm³/mol. The van der Waals surface area contributed by atoms with Crippen molar-refractivity contribution in [3.8, 4) is 0 Å². The van der Waals surface area contributed by atoms with E-state index >= 15 is 0 Å². The molecular weight excluding hydrogens is 216 g/mol. The summed E-state index contributed by atoms with van der Waals surface area (Å²) in [6.07, 6.45) is 0. The Kier molecular flexibility index (Phi) is 6.35. The van der Waals surface area contributed by atoms with Crippen molar-refractivity contribution in [1.82, 2.24) is 0 Å². The number of hydrogen-bond acceptors (Lipinski definition) is 1. The molecule has 0 saturated heterocycles. The van der Waals surface area contributed by atoms with Crippen molar-refractivity contribution < 1.29 is 0 Å². The molecule has 0 heterocycles. The SMILES string of the molecule is CC.Clc1ccccc1N(Cl)Cl. The zero-order valence-electron chi connectivity index (χ0n) is 6.89. The molecule has 1 aromatic carbocycles. The molecule has 0 atom stereocenters. The summed E-state index contributed by atoms with van der Waals surface area (Å²) in [5.74, 6) is 0. The molecule has 0 radical (unpaired) electrons. The van der Waals surface area contributed by atoms with Crippen LogP contribution >= 0.6 is 35.2 Å². The van der Waals surface area contributed by atoms with Crippen molar-refractivity contribution in [2.24, 2.45) is 0 Å². The van der Waals surface area contributed by atoms with E-state index in [0.717, 1.165) is 3.94 Å². The first-order chi connectivity index (χ1) is 5.72. The highest BCUT2D eigenvalue weighted by Crippen LogP contribution is 2.27. The van der Waals surface area contributed by atoms with Crippen LogP contribution in [0.15, 0.2) is 24.3 Å². The minimum atomic E-state index is 0.535. The molecule has 12 heavy (non-hydrogen) atoms. The van der Waals surface area contributed by atoms with Gasteiger partial charge < -0.3 is 0 Å². The fourth-order valence-electron chi connectivity index (χ4n) is 0.589. The largest absolute Gasteiger partial charge is 0.192 e. The molecule has 0 fully saturated rings. The Bertz CT molecular complexity index is 225. The summed E-state index contributed by atoms with van der Waals surface area (Å²) in [6.45, 7) is 4.00. The maximum atomic E-state index is 5.71. The van der Waals surface area contributed by atoms with Crippen LogP contribution in [0.3, 0.4) is 0 Å². The molecule has 0 aliphatic heterocycles. The van der Waals surface area contributed by atoms with Gasteiger partial charge in [-0.15, -0.1) is 0 Å². The first-order valence-electron chi connectivity index (χ1n) is 3.58. The number of benzene rings is 1. The summed E-state index contributed by atoms with van der Waals surface area (Å²) in [7, 11) is 0. The zero-order valence-corrected chi connectivity index (χ0v) is 9.16. The third-order valence-corrected chi connectivity index (χ3v) is 1.72. The molecule has 0 aliphatic rings. The molecule has 0 N–H and O–H groups in total. The van der Waals surface area contributed by atoms with Crippen molar-refractivity contribution in [1.29, 1.82) is 0 Å². The van der Waals surface area contributed by atoms with Crippen LogP contribution in [0.5, 0.6) is 0 Å². The second-order valence-electron chi connectivity index (χ2n) is 1.68. The molecule has 0 spiro atoms. The van der Waals surface area contributed by atoms with Crippen LogP contribution in [-0.2, 0) is 0 Å². The standard InChI is InChI=1S/C6H4Cl3N.C2H6/c7-5-3-1-2-4-6(5)10(8)9;1-2/h1-4H;1-2H3. The van der Waals surface area contributed by atoms with Crippen LogP contribution in [0.1, 0.15) is 13.8 Å². The fraction of sp³-hybridized carbons (Fsp3) is 0.250. The van der Waals surface area contributed by atoms with Crippen molar-refractivity contribution in [2.75, 3.05) is 3.94 Å². The Morgan fingerprint density at radius 3 is 1.92 bits per heavy atom. The van der Waals surface area contributed by atoms with Gasteiger partial charge in [-0.3, -0.25) is 0 Å². The highest BCUT2D eigenvalue weighted by Gasteiger charge is 2.02. The van der Waals surface area contributed by atoms with Crippen LogP contribution in [0, 0.1) is 0 Å². The number of rotatable bonds is 1. The lowest BCUT2D eigenvalue weighted by Gasteiger charge is -2.05. The molecular formula is C8H10Cl3N. The fourth-order valence-corrected chi connectivity index (χ4v) is 1.19. The minimum absolute atomic E-state index is 0.535. The molecule has 0 saturated carbocycles. The van der Waals surface area contributed by atoms with Crippen molar-refractivity contribution in [3.05, 3.63) is 29.3 Å². The second-order valence-corrected chi connectivity index (χ2v) is 2.94. The van der Waals surface area contributed by atoms with Gasteiger partial charge in [-0.25, -0.2) is 0 Å². The van der Waals surface area contributed by atoms with E-state index in [1.807, 2.05) is 19.9 Å². The van der Waals surface area contributed by atoms with E-state index in [9.17, 15) is 0 Å². The molecule has 1 rings (SSSR count). The summed E-state index contributed by atoms with van der Waals surface area (Å²) >= 11 is 16.6. The van der Waals surface area contributed by atoms with E-state index in [0.29, 0.717) is 10.7 Å². The number of anilines is 1. The molecule has 0 aliphatic carbocycles. The van der Waals surface area contributed by atoms with Gasteiger partial charge in [-0.1, -0.05) is 37.6 Å². The molecule has 1 aromatic rings. The summed E-state index contributed by atoms with van der Waals surface area (Å²) < 4.78 is 0.933. The summed E-state index contributed by atoms with van der Waals surface area (Å²) in [5, 5.41) is 0.535. The van der Waals surface area contributed by atoms with Crippen molar-refractivity contribution in [3.63, 3.8) is 0 Å². The van der Waals surface area contributed by atoms with Crippen LogP contribution in [0.2, 0.25) is 5.02 Å². The van der Waals surface area contributed by atoms with Crippen molar-refractivity contribution >= 4 is 40.8 Å². The van der Waals surface area contributed by atoms with Crippen LogP contribution in [-0.4, -0.2) is 0 Å². The van der Waals surface area contributed by atoms with Crippen LogP contribution < -0.4 is 3.94 Å². The number of halogens is 3. The first-order valence-corrected chi connectivity index (χ1v) is 4.63. The Morgan fingerprint density at radius 2 is 1.58 bits per heavy atom. The molecule has 0 amide bonds. The van der Waals surface area contributed by atoms with Gasteiger partial charge in [0.25, 0.3) is 0 Å². The molecule has 68 valence electrons. The summed E-state index contributed by atoms with van der Waals surface area (Å²) in [5.41, 5.74) is 0.590. The third kappa shape index (κ3) is 3.53. The number of nitrogens with zero attached hydrogens (tertiary/aromatic N) is 1. The Morgan fingerprint density at radius 1 is 1.08 bits per heavy atom. The zero-order chi connectivity index (χ0) is 9.56. The third-order valence-electron chi connectivity index (χ3n) is 1.03. The average molecular weight is 227 g/mol. The highest BCUT2D eigenvalue weighted by atomic mass is 35.5. The van der Waals surface area contributed by atoms with E-state index < -0.39 is 0 Å². The van der Waals surface area contributed by atoms with E-state index in [4.69, 9.17) is 35.2 Å². The van der Waals surface area contributed by atoms with Gasteiger partial charge in [0.15, 0.2) is 0 Å².